The summed E-state index contributed by atoms with van der Waals surface area (Å²) in [7, 11) is -3.63. The number of aryl methyl sites for hydroxylation is 2. The number of rotatable bonds is 13. The van der Waals surface area contributed by atoms with Crippen molar-refractivity contribution in [2.24, 2.45) is 0 Å². The Morgan fingerprint density at radius 2 is 1.61 bits per heavy atom. The summed E-state index contributed by atoms with van der Waals surface area (Å²) in [5, 5.41) is 3.70. The fraction of sp³-hybridized carbons (Fsp3) is 0.429. The Morgan fingerprint density at radius 3 is 2.27 bits per heavy atom. The third-order valence-electron chi connectivity index (χ3n) is 8.29. The first-order valence-electron chi connectivity index (χ1n) is 15.4. The van der Waals surface area contributed by atoms with Gasteiger partial charge in [-0.1, -0.05) is 97.1 Å². The normalized spacial score (nSPS) is 14.5. The first-order chi connectivity index (χ1) is 21.0. The van der Waals surface area contributed by atoms with Crippen molar-refractivity contribution in [2.45, 2.75) is 83.8 Å². The molecule has 1 unspecified atom stereocenters. The van der Waals surface area contributed by atoms with E-state index in [4.69, 9.17) is 11.6 Å². The molecule has 0 heterocycles. The monoisotopic (exact) mass is 637 g/mol. The number of anilines is 1. The van der Waals surface area contributed by atoms with Gasteiger partial charge >= 0.3 is 0 Å². The first-order valence-corrected chi connectivity index (χ1v) is 17.7. The van der Waals surface area contributed by atoms with Crippen LogP contribution in [0.1, 0.15) is 67.2 Å². The molecule has 1 atom stereocenters. The molecule has 236 valence electrons. The molecule has 1 saturated carbocycles. The summed E-state index contributed by atoms with van der Waals surface area (Å²) in [6, 6.07) is 22.3. The van der Waals surface area contributed by atoms with Crippen molar-refractivity contribution in [1.29, 1.82) is 0 Å². The molecule has 1 aliphatic carbocycles. The van der Waals surface area contributed by atoms with E-state index >= 15 is 0 Å². The van der Waals surface area contributed by atoms with Gasteiger partial charge in [-0.05, 0) is 61.9 Å². The lowest BCUT2D eigenvalue weighted by Gasteiger charge is -2.34. The minimum absolute atomic E-state index is 0.0828. The highest BCUT2D eigenvalue weighted by Gasteiger charge is 2.32. The van der Waals surface area contributed by atoms with Crippen LogP contribution in [0.5, 0.6) is 0 Å². The Morgan fingerprint density at radius 1 is 0.932 bits per heavy atom. The summed E-state index contributed by atoms with van der Waals surface area (Å²) in [6.07, 6.45) is 7.14. The smallest absolute Gasteiger partial charge is 0.243 e. The van der Waals surface area contributed by atoms with Gasteiger partial charge in [0.15, 0.2) is 0 Å². The number of halogens is 1. The molecular weight excluding hydrogens is 594 g/mol. The zero-order valence-corrected chi connectivity index (χ0v) is 27.5. The summed E-state index contributed by atoms with van der Waals surface area (Å²) >= 11 is 6.20. The number of nitrogens with zero attached hydrogens (tertiary/aromatic N) is 2. The summed E-state index contributed by atoms with van der Waals surface area (Å²) in [4.78, 5) is 29.7. The summed E-state index contributed by atoms with van der Waals surface area (Å²) in [6.45, 7) is 4.23. The van der Waals surface area contributed by atoms with E-state index in [2.05, 4.69) is 5.32 Å². The van der Waals surface area contributed by atoms with Gasteiger partial charge in [0, 0.05) is 37.0 Å². The zero-order chi connectivity index (χ0) is 31.7. The molecule has 0 radical (unpaired) electrons. The maximum absolute atomic E-state index is 14.1. The van der Waals surface area contributed by atoms with Gasteiger partial charge in [-0.2, -0.15) is 0 Å². The molecule has 0 bridgehead atoms. The molecule has 3 aromatic rings. The van der Waals surface area contributed by atoms with Crippen LogP contribution in [-0.2, 0) is 32.6 Å². The Labute approximate surface area is 267 Å². The predicted molar refractivity (Wildman–Crippen MR) is 178 cm³/mol. The van der Waals surface area contributed by atoms with Crippen LogP contribution in [0, 0.1) is 13.8 Å². The Bertz CT molecular complexity index is 1510. The topological polar surface area (TPSA) is 86.8 Å². The number of carbonyl (C=O) groups is 2. The van der Waals surface area contributed by atoms with Crippen molar-refractivity contribution in [3.63, 3.8) is 0 Å². The molecule has 1 fully saturated rings. The van der Waals surface area contributed by atoms with E-state index in [0.717, 1.165) is 54.2 Å². The quantitative estimate of drug-likeness (QED) is 0.229. The average molecular weight is 638 g/mol. The predicted octanol–water partition coefficient (Wildman–Crippen LogP) is 6.59. The van der Waals surface area contributed by atoms with Crippen LogP contribution in [0.2, 0.25) is 5.02 Å². The number of benzene rings is 3. The molecule has 44 heavy (non-hydrogen) atoms. The van der Waals surface area contributed by atoms with Crippen LogP contribution < -0.4 is 9.62 Å². The second kappa shape index (κ2) is 15.6. The van der Waals surface area contributed by atoms with Gasteiger partial charge < -0.3 is 10.2 Å². The molecule has 4 rings (SSSR count). The lowest BCUT2D eigenvalue weighted by atomic mass is 9.94. The molecule has 0 aliphatic heterocycles. The fourth-order valence-corrected chi connectivity index (χ4v) is 7.00. The van der Waals surface area contributed by atoms with Crippen LogP contribution in [0.15, 0.2) is 72.8 Å². The Balaban J connectivity index is 1.60. The van der Waals surface area contributed by atoms with Crippen molar-refractivity contribution < 1.29 is 18.0 Å². The molecule has 2 amide bonds. The molecule has 7 nitrogen and oxygen atoms in total. The minimum atomic E-state index is -3.63. The molecule has 0 saturated heterocycles. The second-order valence-corrected chi connectivity index (χ2v) is 14.3. The van der Waals surface area contributed by atoms with Gasteiger partial charge in [0.25, 0.3) is 0 Å². The highest BCUT2D eigenvalue weighted by Crippen LogP contribution is 2.27. The number of hydrogen-bond donors (Lipinski definition) is 1. The van der Waals surface area contributed by atoms with Crippen molar-refractivity contribution in [3.05, 3.63) is 100 Å². The summed E-state index contributed by atoms with van der Waals surface area (Å²) in [5.74, 6) is -0.338. The van der Waals surface area contributed by atoms with Gasteiger partial charge in [-0.15, -0.1) is 0 Å². The molecule has 0 aromatic heterocycles. The third-order valence-corrected chi connectivity index (χ3v) is 9.70. The number of carbonyl (C=O) groups excluding carboxylic acids is 2. The molecular formula is C35H44ClN3O4S. The van der Waals surface area contributed by atoms with Crippen molar-refractivity contribution in [3.8, 4) is 0 Å². The number of sulfonamides is 1. The van der Waals surface area contributed by atoms with E-state index in [0.29, 0.717) is 17.1 Å². The number of nitrogens with one attached hydrogen (secondary N) is 1. The highest BCUT2D eigenvalue weighted by molar-refractivity contribution is 7.92. The van der Waals surface area contributed by atoms with Crippen LogP contribution in [-0.4, -0.2) is 50.0 Å². The number of hydrogen-bond acceptors (Lipinski definition) is 4. The number of amides is 2. The molecule has 3 aromatic carbocycles. The van der Waals surface area contributed by atoms with Crippen molar-refractivity contribution in [2.75, 3.05) is 17.1 Å². The van der Waals surface area contributed by atoms with Crippen molar-refractivity contribution >= 4 is 39.1 Å². The van der Waals surface area contributed by atoms with Crippen LogP contribution in [0.25, 0.3) is 0 Å². The fourth-order valence-electron chi connectivity index (χ4n) is 5.82. The van der Waals surface area contributed by atoms with E-state index in [1.807, 2.05) is 68.4 Å². The summed E-state index contributed by atoms with van der Waals surface area (Å²) < 4.78 is 26.9. The SMILES string of the molecule is Cc1ccc(CN(C(=O)CCCN(c2cc(Cl)ccc2C)S(C)(=O)=O)C(Cc2ccccc2)C(=O)NC2CCCCC2)cc1. The van der Waals surface area contributed by atoms with Gasteiger partial charge in [0.05, 0.1) is 11.9 Å². The highest BCUT2D eigenvalue weighted by atomic mass is 35.5. The Hall–Kier alpha value is -3.36. The molecule has 0 spiro atoms. The maximum Gasteiger partial charge on any atom is 0.243 e. The second-order valence-electron chi connectivity index (χ2n) is 11.9. The molecule has 9 heteroatoms. The lowest BCUT2D eigenvalue weighted by Crippen LogP contribution is -2.52. The van der Waals surface area contributed by atoms with E-state index in [9.17, 15) is 18.0 Å². The van der Waals surface area contributed by atoms with Crippen LogP contribution >= 0.6 is 11.6 Å². The average Bonchev–Trinajstić information content (AvgIpc) is 2.99. The molecule has 1 N–H and O–H groups in total. The van der Waals surface area contributed by atoms with E-state index in [1.54, 1.807) is 23.1 Å². The van der Waals surface area contributed by atoms with E-state index < -0.39 is 16.1 Å². The summed E-state index contributed by atoms with van der Waals surface area (Å²) in [5.41, 5.74) is 4.28. The lowest BCUT2D eigenvalue weighted by molar-refractivity contribution is -0.141. The van der Waals surface area contributed by atoms with E-state index in [1.165, 1.54) is 10.7 Å². The first kappa shape index (κ1) is 33.5. The van der Waals surface area contributed by atoms with Gasteiger partial charge in [-0.3, -0.25) is 13.9 Å². The minimum Gasteiger partial charge on any atom is -0.352 e. The zero-order valence-electron chi connectivity index (χ0n) is 26.0. The van der Waals surface area contributed by atoms with Crippen LogP contribution in [0.3, 0.4) is 0 Å². The Kier molecular flexibility index (Phi) is 11.9. The van der Waals surface area contributed by atoms with Gasteiger partial charge in [0.1, 0.15) is 6.04 Å². The van der Waals surface area contributed by atoms with Crippen molar-refractivity contribution in [1.82, 2.24) is 10.2 Å². The third kappa shape index (κ3) is 9.57. The maximum atomic E-state index is 14.1. The van der Waals surface area contributed by atoms with E-state index in [-0.39, 0.29) is 43.8 Å². The van der Waals surface area contributed by atoms with Gasteiger partial charge in [-0.25, -0.2) is 8.42 Å². The molecule has 1 aliphatic rings. The van der Waals surface area contributed by atoms with Crippen LogP contribution in [0.4, 0.5) is 5.69 Å². The largest absolute Gasteiger partial charge is 0.352 e. The standard InChI is InChI=1S/C35H44ClN3O4S/c1-26-16-19-29(20-17-26)25-38(33(23-28-11-6-4-7-12-28)35(41)37-31-13-8-5-9-14-31)34(40)15-10-22-39(44(3,42)43)32-24-30(36)21-18-27(32)2/h4,6-7,11-12,16-21,24,31,33H,5,8-10,13-15,22-23,25H2,1-3H3,(H,37,41). The van der Waals surface area contributed by atoms with Gasteiger partial charge in [0.2, 0.25) is 21.8 Å².